The zero-order chi connectivity index (χ0) is 40.8. The lowest BCUT2D eigenvalue weighted by atomic mass is 9.80. The molecular weight excluding hydrogens is 685 g/mol. The Morgan fingerprint density at radius 2 is 0.782 bits per heavy atom. The van der Waals surface area contributed by atoms with Gasteiger partial charge in [-0.2, -0.15) is 0 Å². The largest absolute Gasteiger partial charge is 0.496 e. The van der Waals surface area contributed by atoms with Gasteiger partial charge >= 0.3 is 0 Å². The number of hydrogen-bond acceptors (Lipinski definition) is 2. The lowest BCUT2D eigenvalue weighted by molar-refractivity contribution is 0.399. The maximum absolute atomic E-state index is 6.41. The van der Waals surface area contributed by atoms with Crippen molar-refractivity contribution in [2.45, 2.75) is 143 Å². The van der Waals surface area contributed by atoms with Crippen molar-refractivity contribution in [1.29, 1.82) is 0 Å². The number of allylic oxidation sites excluding steroid dienone is 2. The van der Waals surface area contributed by atoms with Gasteiger partial charge in [-0.3, -0.25) is 0 Å². The van der Waals surface area contributed by atoms with Gasteiger partial charge in [0.25, 0.3) is 0 Å². The van der Waals surface area contributed by atoms with Crippen LogP contribution in [0.15, 0.2) is 71.8 Å². The van der Waals surface area contributed by atoms with Crippen LogP contribution in [0.2, 0.25) is 13.1 Å². The molecule has 55 heavy (non-hydrogen) atoms. The van der Waals surface area contributed by atoms with Gasteiger partial charge in [0.05, 0.1) is 22.3 Å². The van der Waals surface area contributed by atoms with Crippen LogP contribution < -0.4 is 9.47 Å². The minimum absolute atomic E-state index is 0.0879. The molecule has 2 atom stereocenters. The average Bonchev–Trinajstić information content (AvgIpc) is 3.60. The molecule has 2 nitrogen and oxygen atoms in total. The lowest BCUT2D eigenvalue weighted by Crippen LogP contribution is -2.42. The van der Waals surface area contributed by atoms with Crippen LogP contribution in [-0.4, -0.2) is 22.3 Å². The van der Waals surface area contributed by atoms with Crippen LogP contribution in [0.3, 0.4) is 0 Å². The highest BCUT2D eigenvalue weighted by molar-refractivity contribution is 6.81. The fourth-order valence-electron chi connectivity index (χ4n) is 9.83. The Balaban J connectivity index is 1.59. The van der Waals surface area contributed by atoms with Crippen molar-refractivity contribution in [3.8, 4) is 33.8 Å². The summed E-state index contributed by atoms with van der Waals surface area (Å²) in [4.78, 5) is 0. The number of rotatable bonds is 6. The lowest BCUT2D eigenvalue weighted by Gasteiger charge is -2.40. The van der Waals surface area contributed by atoms with Gasteiger partial charge in [0.2, 0.25) is 0 Å². The van der Waals surface area contributed by atoms with Gasteiger partial charge in [-0.1, -0.05) is 180 Å². The number of methoxy groups -OCH3 is 2. The quantitative estimate of drug-likeness (QED) is 0.183. The third kappa shape index (κ3) is 7.09. The van der Waals surface area contributed by atoms with Crippen molar-refractivity contribution in [3.63, 3.8) is 0 Å². The summed E-state index contributed by atoms with van der Waals surface area (Å²) in [7, 11) is 1.48. The summed E-state index contributed by atoms with van der Waals surface area (Å²) >= 11 is 0. The molecule has 6 rings (SSSR count). The van der Waals surface area contributed by atoms with E-state index < -0.39 is 8.07 Å². The van der Waals surface area contributed by atoms with Crippen LogP contribution in [0.25, 0.3) is 34.4 Å². The third-order valence-electron chi connectivity index (χ3n) is 12.6. The predicted molar refractivity (Wildman–Crippen MR) is 242 cm³/mol. The van der Waals surface area contributed by atoms with E-state index in [4.69, 9.17) is 9.47 Å². The van der Waals surface area contributed by atoms with Crippen LogP contribution in [0.4, 0.5) is 0 Å². The maximum Gasteiger partial charge on any atom is 0.131 e. The second kappa shape index (κ2) is 13.7. The highest BCUT2D eigenvalue weighted by Crippen LogP contribution is 2.58. The van der Waals surface area contributed by atoms with Crippen LogP contribution in [0.1, 0.15) is 153 Å². The topological polar surface area (TPSA) is 18.5 Å². The molecule has 2 unspecified atom stereocenters. The molecule has 0 N–H and O–H groups in total. The number of hydrogen-bond donors (Lipinski definition) is 0. The Bertz CT molecular complexity index is 2020. The van der Waals surface area contributed by atoms with E-state index in [0.717, 1.165) is 11.5 Å². The van der Waals surface area contributed by atoms with Gasteiger partial charge in [-0.25, -0.2) is 0 Å². The average molecular weight is 753 g/mol. The van der Waals surface area contributed by atoms with Crippen molar-refractivity contribution >= 4 is 20.2 Å². The maximum atomic E-state index is 6.41. The summed E-state index contributed by atoms with van der Waals surface area (Å²) in [6.07, 6.45) is 5.00. The molecule has 0 bridgehead atoms. The van der Waals surface area contributed by atoms with E-state index in [1.807, 2.05) is 14.2 Å². The monoisotopic (exact) mass is 752 g/mol. The number of fused-ring (bicyclic) bond motifs is 2. The molecule has 292 valence electrons. The Morgan fingerprint density at radius 1 is 0.473 bits per heavy atom. The van der Waals surface area contributed by atoms with Crippen molar-refractivity contribution in [3.05, 3.63) is 116 Å². The van der Waals surface area contributed by atoms with E-state index in [1.165, 1.54) is 77.9 Å². The second-order valence-corrected chi connectivity index (χ2v) is 26.1. The van der Waals surface area contributed by atoms with E-state index in [0.29, 0.717) is 11.1 Å². The molecule has 4 aromatic rings. The molecule has 0 spiro atoms. The van der Waals surface area contributed by atoms with Crippen molar-refractivity contribution in [1.82, 2.24) is 0 Å². The molecule has 0 radical (unpaired) electrons. The Labute approximate surface area is 335 Å². The zero-order valence-corrected chi connectivity index (χ0v) is 38.4. The first kappa shape index (κ1) is 40.8. The van der Waals surface area contributed by atoms with Gasteiger partial charge in [0.15, 0.2) is 0 Å². The second-order valence-electron chi connectivity index (χ2n) is 21.3. The fraction of sp³-hybridized carbons (Fsp3) is 0.462. The molecule has 0 heterocycles. The standard InChI is InChI=1S/C52H68O2Si/c1-31-27-37-39(29-41(51(9,10)11)45(53-15)43(37)33-19-23-35(24-20-33)49(3,4)5)47(31)55(17,18)48-32(2)28-38-40(48)30-42(52(12,13)14)46(54-16)44(38)34-21-25-36(26-22-34)50(6,7)8/h19-30,47-48H,1-18H3. The minimum Gasteiger partial charge on any atom is -0.496 e. The normalized spacial score (nSPS) is 17.5. The Hall–Kier alpha value is -3.82. The Kier molecular flexibility index (Phi) is 10.2. The summed E-state index contributed by atoms with van der Waals surface area (Å²) in [5, 5.41) is 0. The van der Waals surface area contributed by atoms with Gasteiger partial charge in [0.1, 0.15) is 11.5 Å². The van der Waals surface area contributed by atoms with Gasteiger partial charge in [-0.05, 0) is 80.0 Å². The first-order chi connectivity index (χ1) is 25.3. The fourth-order valence-corrected chi connectivity index (χ4v) is 14.8. The summed E-state index contributed by atoms with van der Waals surface area (Å²) in [6, 6.07) is 23.6. The van der Waals surface area contributed by atoms with E-state index in [2.05, 4.69) is 183 Å². The van der Waals surface area contributed by atoms with Gasteiger partial charge in [-0.15, -0.1) is 0 Å². The SMILES string of the molecule is COc1c(C(C)(C)C)cc2c(c1-c1ccc(C(C)(C)C)cc1)C=C(C)C2[Si](C)(C)C1C(C)=Cc2c1cc(C(C)(C)C)c(OC)c2-c1ccc(C(C)(C)C)cc1. The molecule has 0 saturated heterocycles. The summed E-state index contributed by atoms with van der Waals surface area (Å²) in [5.41, 5.74) is 19.4. The van der Waals surface area contributed by atoms with Crippen molar-refractivity contribution in [2.24, 2.45) is 0 Å². The molecule has 0 aromatic heterocycles. The van der Waals surface area contributed by atoms with Crippen molar-refractivity contribution in [2.75, 3.05) is 14.2 Å². The van der Waals surface area contributed by atoms with Crippen LogP contribution in [-0.2, 0) is 21.7 Å². The summed E-state index contributed by atoms with van der Waals surface area (Å²) in [6.45, 7) is 37.8. The first-order valence-electron chi connectivity index (χ1n) is 20.4. The van der Waals surface area contributed by atoms with Gasteiger partial charge < -0.3 is 9.47 Å². The van der Waals surface area contributed by atoms with Crippen molar-refractivity contribution < 1.29 is 9.47 Å². The highest BCUT2D eigenvalue weighted by Gasteiger charge is 2.49. The third-order valence-corrected chi connectivity index (χ3v) is 17.1. The molecule has 3 heteroatoms. The molecule has 2 aliphatic rings. The molecular formula is C52H68O2Si. The smallest absolute Gasteiger partial charge is 0.131 e. The molecule has 0 fully saturated rings. The van der Waals surface area contributed by atoms with Gasteiger partial charge in [0, 0.05) is 33.3 Å². The van der Waals surface area contributed by atoms with Crippen LogP contribution in [0, 0.1) is 0 Å². The molecule has 0 aliphatic heterocycles. The molecule has 2 aliphatic carbocycles. The molecule has 0 amide bonds. The van der Waals surface area contributed by atoms with Crippen LogP contribution >= 0.6 is 0 Å². The van der Waals surface area contributed by atoms with E-state index in [-0.39, 0.29) is 21.7 Å². The highest BCUT2D eigenvalue weighted by atomic mass is 28.3. The predicted octanol–water partition coefficient (Wildman–Crippen LogP) is 14.7. The van der Waals surface area contributed by atoms with Crippen LogP contribution in [0.5, 0.6) is 11.5 Å². The first-order valence-corrected chi connectivity index (χ1v) is 23.6. The zero-order valence-electron chi connectivity index (χ0n) is 37.4. The molecule has 0 saturated carbocycles. The minimum atomic E-state index is -2.22. The number of ether oxygens (including phenoxy) is 2. The Morgan fingerprint density at radius 3 is 1.04 bits per heavy atom. The van der Waals surface area contributed by atoms with E-state index in [9.17, 15) is 0 Å². The number of benzene rings is 4. The molecule has 4 aromatic carbocycles. The van der Waals surface area contributed by atoms with E-state index >= 15 is 0 Å². The van der Waals surface area contributed by atoms with E-state index in [1.54, 1.807) is 0 Å². The summed E-state index contributed by atoms with van der Waals surface area (Å²) in [5.74, 6) is 2.01. The summed E-state index contributed by atoms with van der Waals surface area (Å²) < 4.78 is 12.8.